The second-order valence-electron chi connectivity index (χ2n) is 5.51. The summed E-state index contributed by atoms with van der Waals surface area (Å²) in [4.78, 5) is 29.1. The highest BCUT2D eigenvalue weighted by atomic mass is 32.1. The molecule has 2 aromatic heterocycles. The SMILES string of the molecule is O=C(Cn1cnc2c(sc3ccccc32)c1=O)Nc1ccc(F)cc1. The van der Waals surface area contributed by atoms with E-state index in [4.69, 9.17) is 0 Å². The van der Waals surface area contributed by atoms with E-state index in [1.165, 1.54) is 46.5 Å². The minimum absolute atomic E-state index is 0.159. The fourth-order valence-corrected chi connectivity index (χ4v) is 3.72. The first-order valence-electron chi connectivity index (χ1n) is 7.54. The minimum atomic E-state index is -0.381. The van der Waals surface area contributed by atoms with Crippen molar-refractivity contribution in [2.45, 2.75) is 6.54 Å². The maximum Gasteiger partial charge on any atom is 0.271 e. The predicted octanol–water partition coefficient (Wildman–Crippen LogP) is 3.39. The van der Waals surface area contributed by atoms with E-state index in [-0.39, 0.29) is 23.8 Å². The number of rotatable bonds is 3. The topological polar surface area (TPSA) is 64.0 Å². The van der Waals surface area contributed by atoms with Gasteiger partial charge in [0.1, 0.15) is 17.1 Å². The third kappa shape index (κ3) is 2.89. The first kappa shape index (κ1) is 15.5. The van der Waals surface area contributed by atoms with E-state index >= 15 is 0 Å². The predicted molar refractivity (Wildman–Crippen MR) is 96.4 cm³/mol. The molecule has 0 aliphatic rings. The van der Waals surface area contributed by atoms with Gasteiger partial charge in [-0.15, -0.1) is 11.3 Å². The largest absolute Gasteiger partial charge is 0.325 e. The number of carbonyl (C=O) groups excluding carboxylic acids is 1. The van der Waals surface area contributed by atoms with Crippen LogP contribution in [0.4, 0.5) is 10.1 Å². The Hall–Kier alpha value is -3.06. The zero-order valence-electron chi connectivity index (χ0n) is 12.9. The lowest BCUT2D eigenvalue weighted by molar-refractivity contribution is -0.116. The van der Waals surface area contributed by atoms with Crippen LogP contribution >= 0.6 is 11.3 Å². The van der Waals surface area contributed by atoms with Crippen LogP contribution < -0.4 is 10.9 Å². The highest BCUT2D eigenvalue weighted by Gasteiger charge is 2.13. The summed E-state index contributed by atoms with van der Waals surface area (Å²) in [5, 5.41) is 3.56. The zero-order valence-corrected chi connectivity index (χ0v) is 13.7. The quantitative estimate of drug-likeness (QED) is 0.614. The molecule has 0 aliphatic heterocycles. The molecule has 0 spiro atoms. The monoisotopic (exact) mass is 353 g/mol. The molecule has 0 saturated heterocycles. The number of nitrogens with zero attached hydrogens (tertiary/aromatic N) is 2. The first-order chi connectivity index (χ1) is 12.1. The van der Waals surface area contributed by atoms with E-state index in [1.54, 1.807) is 0 Å². The fraction of sp³-hybridized carbons (Fsp3) is 0.0556. The van der Waals surface area contributed by atoms with E-state index in [9.17, 15) is 14.0 Å². The number of benzene rings is 2. The number of fused-ring (bicyclic) bond motifs is 3. The number of halogens is 1. The summed E-state index contributed by atoms with van der Waals surface area (Å²) in [5.41, 5.74) is 0.872. The van der Waals surface area contributed by atoms with Crippen molar-refractivity contribution in [3.8, 4) is 0 Å². The highest BCUT2D eigenvalue weighted by Crippen LogP contribution is 2.29. The van der Waals surface area contributed by atoms with Crippen LogP contribution in [0.3, 0.4) is 0 Å². The van der Waals surface area contributed by atoms with Crippen molar-refractivity contribution in [2.75, 3.05) is 5.32 Å². The second kappa shape index (κ2) is 6.10. The number of amides is 1. The number of hydrogen-bond donors (Lipinski definition) is 1. The summed E-state index contributed by atoms with van der Waals surface area (Å²) in [7, 11) is 0. The molecule has 5 nitrogen and oxygen atoms in total. The third-order valence-corrected chi connectivity index (χ3v) is 4.94. The molecule has 7 heteroatoms. The summed E-state index contributed by atoms with van der Waals surface area (Å²) in [6.07, 6.45) is 1.38. The van der Waals surface area contributed by atoms with Crippen LogP contribution in [-0.2, 0) is 11.3 Å². The van der Waals surface area contributed by atoms with E-state index in [1.807, 2.05) is 24.3 Å². The lowest BCUT2D eigenvalue weighted by Crippen LogP contribution is -2.27. The van der Waals surface area contributed by atoms with Gasteiger partial charge in [-0.25, -0.2) is 9.37 Å². The van der Waals surface area contributed by atoms with Gasteiger partial charge in [0.15, 0.2) is 0 Å². The minimum Gasteiger partial charge on any atom is -0.325 e. The summed E-state index contributed by atoms with van der Waals surface area (Å²) in [6.45, 7) is -0.159. The molecule has 0 bridgehead atoms. The number of thiophene rings is 1. The molecule has 0 atom stereocenters. The summed E-state index contributed by atoms with van der Waals surface area (Å²) in [5.74, 6) is -0.760. The Kier molecular flexibility index (Phi) is 3.77. The molecule has 4 rings (SSSR count). The molecule has 0 saturated carbocycles. The second-order valence-corrected chi connectivity index (χ2v) is 6.56. The molecule has 2 aromatic carbocycles. The number of aromatic nitrogens is 2. The Bertz CT molecular complexity index is 1150. The number of carbonyl (C=O) groups is 1. The number of nitrogens with one attached hydrogen (secondary N) is 1. The van der Waals surface area contributed by atoms with Gasteiger partial charge >= 0.3 is 0 Å². The van der Waals surface area contributed by atoms with Gasteiger partial charge in [-0.1, -0.05) is 18.2 Å². The average Bonchev–Trinajstić information content (AvgIpc) is 2.99. The van der Waals surface area contributed by atoms with Crippen LogP contribution in [-0.4, -0.2) is 15.5 Å². The van der Waals surface area contributed by atoms with Crippen molar-refractivity contribution in [2.24, 2.45) is 0 Å². The first-order valence-corrected chi connectivity index (χ1v) is 8.35. The van der Waals surface area contributed by atoms with Gasteiger partial charge in [0.25, 0.3) is 5.56 Å². The highest BCUT2D eigenvalue weighted by molar-refractivity contribution is 7.25. The van der Waals surface area contributed by atoms with Gasteiger partial charge in [0, 0.05) is 15.8 Å². The van der Waals surface area contributed by atoms with Crippen LogP contribution in [0.25, 0.3) is 20.3 Å². The smallest absolute Gasteiger partial charge is 0.271 e. The van der Waals surface area contributed by atoms with Crippen LogP contribution in [0.15, 0.2) is 59.7 Å². The van der Waals surface area contributed by atoms with Gasteiger partial charge in [-0.05, 0) is 30.3 Å². The van der Waals surface area contributed by atoms with E-state index in [0.717, 1.165) is 10.1 Å². The lowest BCUT2D eigenvalue weighted by Gasteiger charge is -2.07. The normalized spacial score (nSPS) is 11.1. The van der Waals surface area contributed by atoms with Gasteiger partial charge in [0.2, 0.25) is 5.91 Å². The molecule has 0 fully saturated rings. The molecular weight excluding hydrogens is 341 g/mol. The van der Waals surface area contributed by atoms with Crippen molar-refractivity contribution in [3.63, 3.8) is 0 Å². The maximum atomic E-state index is 12.9. The van der Waals surface area contributed by atoms with Crippen molar-refractivity contribution in [1.29, 1.82) is 0 Å². The summed E-state index contributed by atoms with van der Waals surface area (Å²) in [6, 6.07) is 13.1. The van der Waals surface area contributed by atoms with E-state index in [2.05, 4.69) is 10.3 Å². The lowest BCUT2D eigenvalue weighted by atomic mass is 10.2. The molecule has 2 heterocycles. The molecule has 1 amide bonds. The molecule has 25 heavy (non-hydrogen) atoms. The maximum absolute atomic E-state index is 12.9. The molecule has 4 aromatic rings. The van der Waals surface area contributed by atoms with Crippen LogP contribution in [0.5, 0.6) is 0 Å². The van der Waals surface area contributed by atoms with Gasteiger partial charge < -0.3 is 5.32 Å². The zero-order chi connectivity index (χ0) is 17.4. The van der Waals surface area contributed by atoms with Gasteiger partial charge in [-0.2, -0.15) is 0 Å². The van der Waals surface area contributed by atoms with E-state index in [0.29, 0.717) is 15.9 Å². The van der Waals surface area contributed by atoms with Gasteiger partial charge in [-0.3, -0.25) is 14.2 Å². The van der Waals surface area contributed by atoms with Crippen molar-refractivity contribution in [1.82, 2.24) is 9.55 Å². The Morgan fingerprint density at radius 3 is 2.72 bits per heavy atom. The standard InChI is InChI=1S/C18H12FN3O2S/c19-11-5-7-12(8-6-11)21-15(23)9-22-10-20-16-13-3-1-2-4-14(13)25-17(16)18(22)24/h1-8,10H,9H2,(H,21,23). The summed E-state index contributed by atoms with van der Waals surface area (Å²) >= 11 is 1.37. The van der Waals surface area contributed by atoms with Crippen molar-refractivity contribution in [3.05, 3.63) is 71.0 Å². The molecule has 0 unspecified atom stereocenters. The summed E-state index contributed by atoms with van der Waals surface area (Å²) < 4.78 is 15.7. The van der Waals surface area contributed by atoms with Crippen molar-refractivity contribution >= 4 is 43.2 Å². The van der Waals surface area contributed by atoms with Crippen molar-refractivity contribution < 1.29 is 9.18 Å². The Morgan fingerprint density at radius 2 is 1.92 bits per heavy atom. The molecule has 124 valence electrons. The molecule has 1 N–H and O–H groups in total. The fourth-order valence-electron chi connectivity index (χ4n) is 2.62. The number of anilines is 1. The van der Waals surface area contributed by atoms with Crippen LogP contribution in [0.1, 0.15) is 0 Å². The Balaban J connectivity index is 1.64. The van der Waals surface area contributed by atoms with Crippen LogP contribution in [0.2, 0.25) is 0 Å². The third-order valence-electron chi connectivity index (χ3n) is 3.79. The van der Waals surface area contributed by atoms with E-state index < -0.39 is 0 Å². The van der Waals surface area contributed by atoms with Gasteiger partial charge in [0.05, 0.1) is 11.8 Å². The van der Waals surface area contributed by atoms with Crippen LogP contribution in [0, 0.1) is 5.82 Å². The molecular formula is C18H12FN3O2S. The Morgan fingerprint density at radius 1 is 1.16 bits per heavy atom. The molecule has 0 aliphatic carbocycles. The number of hydrogen-bond acceptors (Lipinski definition) is 4. The molecule has 0 radical (unpaired) electrons. The average molecular weight is 353 g/mol. The Labute approximate surface area is 145 Å².